The van der Waals surface area contributed by atoms with Crippen LogP contribution in [0.4, 0.5) is 4.79 Å². The second-order valence-corrected chi connectivity index (χ2v) is 5.99. The van der Waals surface area contributed by atoms with Crippen LogP contribution in [0, 0.1) is 0 Å². The molecule has 1 aliphatic heterocycles. The zero-order valence-electron chi connectivity index (χ0n) is 12.2. The highest BCUT2D eigenvalue weighted by Gasteiger charge is 2.37. The molecule has 2 heterocycles. The van der Waals surface area contributed by atoms with Crippen molar-refractivity contribution in [3.05, 3.63) is 21.9 Å². The fourth-order valence-corrected chi connectivity index (χ4v) is 3.43. The van der Waals surface area contributed by atoms with Crippen molar-refractivity contribution in [3.63, 3.8) is 0 Å². The summed E-state index contributed by atoms with van der Waals surface area (Å²) in [6.07, 6.45) is 1.43. The smallest absolute Gasteiger partial charge is 0.331 e. The number of hydrogen-bond acceptors (Lipinski definition) is 4. The number of nitrogens with zero attached hydrogens (tertiary/aromatic N) is 1. The number of nitrogens with one attached hydrogen (secondary N) is 1. The molecule has 7 heteroatoms. The number of amides is 2. The number of carbonyl (C=O) groups is 2. The number of aliphatic carboxylic acids is 1. The molecule has 0 saturated carbocycles. The topological polar surface area (TPSA) is 78.9 Å². The van der Waals surface area contributed by atoms with Crippen LogP contribution in [-0.4, -0.2) is 48.3 Å². The van der Waals surface area contributed by atoms with Gasteiger partial charge in [0.1, 0.15) is 0 Å². The minimum absolute atomic E-state index is 0.110. The predicted molar refractivity (Wildman–Crippen MR) is 79.6 cm³/mol. The Balaban J connectivity index is 2.15. The van der Waals surface area contributed by atoms with Gasteiger partial charge < -0.3 is 20.1 Å². The van der Waals surface area contributed by atoms with Gasteiger partial charge in [0.15, 0.2) is 6.04 Å². The number of carboxylic acids is 1. The zero-order chi connectivity index (χ0) is 15.4. The van der Waals surface area contributed by atoms with Gasteiger partial charge in [-0.3, -0.25) is 0 Å². The zero-order valence-corrected chi connectivity index (χ0v) is 13.0. The number of rotatable bonds is 5. The normalized spacial score (nSPS) is 19.0. The second kappa shape index (κ2) is 6.91. The van der Waals surface area contributed by atoms with Gasteiger partial charge in [-0.05, 0) is 29.9 Å². The van der Waals surface area contributed by atoms with Crippen molar-refractivity contribution in [3.8, 4) is 0 Å². The first-order valence-corrected chi connectivity index (χ1v) is 7.81. The number of hydrogen-bond donors (Lipinski definition) is 2. The quantitative estimate of drug-likeness (QED) is 0.870. The van der Waals surface area contributed by atoms with Gasteiger partial charge in [-0.1, -0.05) is 6.92 Å². The molecule has 1 aromatic heterocycles. The first kappa shape index (κ1) is 15.8. The van der Waals surface area contributed by atoms with Gasteiger partial charge in [0, 0.05) is 18.5 Å². The minimum atomic E-state index is -0.996. The van der Waals surface area contributed by atoms with Crippen molar-refractivity contribution in [2.75, 3.05) is 20.3 Å². The average Bonchev–Trinajstić information content (AvgIpc) is 2.93. The number of fused-ring (bicyclic) bond motifs is 1. The van der Waals surface area contributed by atoms with E-state index in [0.717, 1.165) is 16.9 Å². The summed E-state index contributed by atoms with van der Waals surface area (Å²) in [6, 6.07) is 0.439. The van der Waals surface area contributed by atoms with E-state index in [2.05, 4.69) is 5.32 Å². The van der Waals surface area contributed by atoms with Crippen molar-refractivity contribution < 1.29 is 19.4 Å². The van der Waals surface area contributed by atoms with Gasteiger partial charge in [-0.25, -0.2) is 9.59 Å². The van der Waals surface area contributed by atoms with E-state index in [4.69, 9.17) is 4.74 Å². The Bertz CT molecular complexity index is 517. The Morgan fingerprint density at radius 2 is 2.38 bits per heavy atom. The number of methoxy groups -OCH3 is 1. The maximum atomic E-state index is 12.4. The molecule has 1 aromatic rings. The maximum Gasteiger partial charge on any atom is 0.331 e. The SMILES string of the molecule is CCC(COC)NC(=O)N1CCc2sccc2C1C(=O)O. The van der Waals surface area contributed by atoms with E-state index in [9.17, 15) is 14.7 Å². The van der Waals surface area contributed by atoms with Crippen molar-refractivity contribution >= 4 is 23.3 Å². The van der Waals surface area contributed by atoms with E-state index >= 15 is 0 Å². The molecular formula is C14H20N2O4S. The third kappa shape index (κ3) is 3.36. The predicted octanol–water partition coefficient (Wildman–Crippen LogP) is 1.87. The van der Waals surface area contributed by atoms with E-state index in [1.165, 1.54) is 4.90 Å². The molecule has 0 spiro atoms. The molecule has 2 atom stereocenters. The summed E-state index contributed by atoms with van der Waals surface area (Å²) in [6.45, 7) is 2.78. The van der Waals surface area contributed by atoms with Crippen LogP contribution in [0.2, 0.25) is 0 Å². The van der Waals surface area contributed by atoms with E-state index in [0.29, 0.717) is 19.6 Å². The molecule has 6 nitrogen and oxygen atoms in total. The molecule has 0 aromatic carbocycles. The van der Waals surface area contributed by atoms with Crippen molar-refractivity contribution in [2.45, 2.75) is 31.8 Å². The molecule has 2 amide bonds. The van der Waals surface area contributed by atoms with Crippen LogP contribution in [-0.2, 0) is 16.0 Å². The lowest BCUT2D eigenvalue weighted by Gasteiger charge is -2.34. The Morgan fingerprint density at radius 1 is 1.62 bits per heavy atom. The van der Waals surface area contributed by atoms with Crippen molar-refractivity contribution in [1.82, 2.24) is 10.2 Å². The molecule has 0 radical (unpaired) electrons. The summed E-state index contributed by atoms with van der Waals surface area (Å²) in [5.41, 5.74) is 0.730. The number of ether oxygens (including phenoxy) is 1. The summed E-state index contributed by atoms with van der Waals surface area (Å²) in [5.74, 6) is -0.996. The average molecular weight is 312 g/mol. The van der Waals surface area contributed by atoms with Crippen LogP contribution in [0.1, 0.15) is 29.8 Å². The van der Waals surface area contributed by atoms with Crippen molar-refractivity contribution in [1.29, 1.82) is 0 Å². The number of carbonyl (C=O) groups excluding carboxylic acids is 1. The Morgan fingerprint density at radius 3 is 3.00 bits per heavy atom. The molecule has 0 fully saturated rings. The lowest BCUT2D eigenvalue weighted by molar-refractivity contribution is -0.142. The van der Waals surface area contributed by atoms with Gasteiger partial charge >= 0.3 is 12.0 Å². The van der Waals surface area contributed by atoms with E-state index in [-0.39, 0.29) is 12.1 Å². The fraction of sp³-hybridized carbons (Fsp3) is 0.571. The summed E-state index contributed by atoms with van der Waals surface area (Å²) in [7, 11) is 1.58. The molecule has 116 valence electrons. The summed E-state index contributed by atoms with van der Waals surface area (Å²) >= 11 is 1.55. The molecule has 2 N–H and O–H groups in total. The van der Waals surface area contributed by atoms with Gasteiger partial charge in [-0.15, -0.1) is 11.3 Å². The first-order valence-electron chi connectivity index (χ1n) is 6.93. The first-order chi connectivity index (χ1) is 10.1. The highest BCUT2D eigenvalue weighted by Crippen LogP contribution is 2.33. The van der Waals surface area contributed by atoms with Crippen LogP contribution in [0.5, 0.6) is 0 Å². The highest BCUT2D eigenvalue weighted by atomic mass is 32.1. The number of urea groups is 1. The van der Waals surface area contributed by atoms with Crippen molar-refractivity contribution in [2.24, 2.45) is 0 Å². The molecule has 0 aliphatic carbocycles. The molecule has 21 heavy (non-hydrogen) atoms. The van der Waals surface area contributed by atoms with Gasteiger partial charge in [0.25, 0.3) is 0 Å². The fourth-order valence-electron chi connectivity index (χ4n) is 2.52. The van der Waals surface area contributed by atoms with Crippen LogP contribution in [0.25, 0.3) is 0 Å². The molecule has 0 saturated heterocycles. The van der Waals surface area contributed by atoms with Gasteiger partial charge in [0.05, 0.1) is 12.6 Å². The Hall–Kier alpha value is -1.60. The number of carboxylic acid groups (broad SMARTS) is 1. The summed E-state index contributed by atoms with van der Waals surface area (Å²) in [5, 5.41) is 14.2. The minimum Gasteiger partial charge on any atom is -0.479 e. The van der Waals surface area contributed by atoms with Crippen LogP contribution >= 0.6 is 11.3 Å². The van der Waals surface area contributed by atoms with E-state index in [1.807, 2.05) is 12.3 Å². The standard InChI is InChI=1S/C14H20N2O4S/c1-3-9(8-20-2)15-14(19)16-6-4-11-10(5-7-21-11)12(16)13(17)18/h5,7,9,12H,3-4,6,8H2,1-2H3,(H,15,19)(H,17,18). The van der Waals surface area contributed by atoms with Crippen LogP contribution in [0.3, 0.4) is 0 Å². The summed E-state index contributed by atoms with van der Waals surface area (Å²) < 4.78 is 5.05. The van der Waals surface area contributed by atoms with Crippen LogP contribution < -0.4 is 5.32 Å². The highest BCUT2D eigenvalue weighted by molar-refractivity contribution is 7.10. The third-order valence-corrected chi connectivity index (χ3v) is 4.65. The number of thiophene rings is 1. The maximum absolute atomic E-state index is 12.4. The monoisotopic (exact) mass is 312 g/mol. The molecular weight excluding hydrogens is 292 g/mol. The van der Waals surface area contributed by atoms with E-state index in [1.54, 1.807) is 24.5 Å². The molecule has 0 bridgehead atoms. The Labute approximate surface area is 127 Å². The summed E-state index contributed by atoms with van der Waals surface area (Å²) in [4.78, 5) is 26.4. The van der Waals surface area contributed by atoms with Crippen LogP contribution in [0.15, 0.2) is 11.4 Å². The van der Waals surface area contributed by atoms with Gasteiger partial charge in [0.2, 0.25) is 0 Å². The Kier molecular flexibility index (Phi) is 5.19. The molecule has 1 aliphatic rings. The lowest BCUT2D eigenvalue weighted by atomic mass is 10.0. The van der Waals surface area contributed by atoms with Gasteiger partial charge in [-0.2, -0.15) is 0 Å². The second-order valence-electron chi connectivity index (χ2n) is 4.99. The lowest BCUT2D eigenvalue weighted by Crippen LogP contribution is -2.51. The third-order valence-electron chi connectivity index (χ3n) is 3.65. The molecule has 2 rings (SSSR count). The van der Waals surface area contributed by atoms with E-state index < -0.39 is 12.0 Å². The largest absolute Gasteiger partial charge is 0.479 e. The molecule has 2 unspecified atom stereocenters.